The Morgan fingerprint density at radius 1 is 0.848 bits per heavy atom. The van der Waals surface area contributed by atoms with Gasteiger partial charge in [-0.05, 0) is 57.9 Å². The number of rotatable bonds is 15. The second-order valence-corrected chi connectivity index (χ2v) is 10.3. The first kappa shape index (κ1) is 26.7. The first-order chi connectivity index (χ1) is 16.0. The average Bonchev–Trinajstić information content (AvgIpc) is 3.53. The van der Waals surface area contributed by atoms with E-state index in [0.29, 0.717) is 18.4 Å². The Hall–Kier alpha value is -0.950. The number of unbranched alkanes of at least 4 members (excludes halogenated alkanes) is 7. The first-order valence-electron chi connectivity index (χ1n) is 13.6. The monoisotopic (exact) mass is 466 g/mol. The van der Waals surface area contributed by atoms with Gasteiger partial charge in [-0.3, -0.25) is 0 Å². The third kappa shape index (κ3) is 8.34. The molecule has 0 unspecified atom stereocenters. The van der Waals surface area contributed by atoms with Crippen LogP contribution in [0, 0.1) is 0 Å². The lowest BCUT2D eigenvalue weighted by atomic mass is 10.0. The molecule has 0 saturated carbocycles. The molecule has 0 amide bonds. The smallest absolute Gasteiger partial charge is 0.334 e. The Morgan fingerprint density at radius 2 is 1.39 bits per heavy atom. The van der Waals surface area contributed by atoms with Crippen molar-refractivity contribution in [3.63, 3.8) is 0 Å². The summed E-state index contributed by atoms with van der Waals surface area (Å²) < 4.78 is 17.5. The highest BCUT2D eigenvalue weighted by Gasteiger charge is 2.40. The van der Waals surface area contributed by atoms with Gasteiger partial charge >= 0.3 is 5.97 Å². The standard InChI is InChI=1S/C27H46O6/c1-3-4-5-6-7-8-9-10-11-21(28)23-14-16-25(32-23)26-17-15-24(33-26)22(29)13-12-20-18-19(2)31-27(20)30/h18-19,21-26,28-29H,3-17H2,1-2H3/t19-,21+,22+,23-,24+,25-,26-/m0/s1. The van der Waals surface area contributed by atoms with Crippen LogP contribution in [0.15, 0.2) is 11.6 Å². The van der Waals surface area contributed by atoms with Crippen LogP contribution in [0.1, 0.15) is 110 Å². The van der Waals surface area contributed by atoms with Crippen LogP contribution in [0.3, 0.4) is 0 Å². The van der Waals surface area contributed by atoms with Crippen molar-refractivity contribution in [3.8, 4) is 0 Å². The summed E-state index contributed by atoms with van der Waals surface area (Å²) in [4.78, 5) is 11.7. The molecule has 33 heavy (non-hydrogen) atoms. The molecule has 2 N–H and O–H groups in total. The largest absolute Gasteiger partial charge is 0.455 e. The zero-order valence-electron chi connectivity index (χ0n) is 20.8. The lowest BCUT2D eigenvalue weighted by Crippen LogP contribution is -2.33. The van der Waals surface area contributed by atoms with Crippen LogP contribution >= 0.6 is 0 Å². The molecule has 0 aromatic carbocycles. The van der Waals surface area contributed by atoms with E-state index in [1.165, 1.54) is 44.9 Å². The van der Waals surface area contributed by atoms with E-state index in [0.717, 1.165) is 38.5 Å². The maximum Gasteiger partial charge on any atom is 0.334 e. The van der Waals surface area contributed by atoms with Gasteiger partial charge < -0.3 is 24.4 Å². The Bertz CT molecular complexity index is 620. The van der Waals surface area contributed by atoms with Gasteiger partial charge in [-0.2, -0.15) is 0 Å². The van der Waals surface area contributed by atoms with Crippen molar-refractivity contribution in [2.24, 2.45) is 0 Å². The number of aliphatic hydroxyl groups excluding tert-OH is 2. The van der Waals surface area contributed by atoms with Gasteiger partial charge in [0.1, 0.15) is 6.10 Å². The number of aliphatic hydroxyl groups is 2. The molecule has 3 heterocycles. The molecule has 3 rings (SSSR count). The summed E-state index contributed by atoms with van der Waals surface area (Å²) >= 11 is 0. The van der Waals surface area contributed by atoms with Crippen LogP contribution in [-0.2, 0) is 19.0 Å². The minimum Gasteiger partial charge on any atom is -0.455 e. The van der Waals surface area contributed by atoms with E-state index in [-0.39, 0.29) is 42.6 Å². The van der Waals surface area contributed by atoms with E-state index in [1.807, 2.05) is 13.0 Å². The molecule has 2 saturated heterocycles. The van der Waals surface area contributed by atoms with Gasteiger partial charge in [0.25, 0.3) is 0 Å². The van der Waals surface area contributed by atoms with Crippen LogP contribution in [0.4, 0.5) is 0 Å². The van der Waals surface area contributed by atoms with Crippen LogP contribution in [0.5, 0.6) is 0 Å². The van der Waals surface area contributed by atoms with Crippen molar-refractivity contribution in [1.29, 1.82) is 0 Å². The fourth-order valence-corrected chi connectivity index (χ4v) is 5.47. The average molecular weight is 467 g/mol. The summed E-state index contributed by atoms with van der Waals surface area (Å²) in [5, 5.41) is 21.2. The summed E-state index contributed by atoms with van der Waals surface area (Å²) in [6.07, 6.45) is 15.8. The van der Waals surface area contributed by atoms with Gasteiger partial charge in [-0.1, -0.05) is 58.3 Å². The maximum atomic E-state index is 11.7. The summed E-state index contributed by atoms with van der Waals surface area (Å²) in [6.45, 7) is 4.09. The summed E-state index contributed by atoms with van der Waals surface area (Å²) in [7, 11) is 0. The summed E-state index contributed by atoms with van der Waals surface area (Å²) in [5.41, 5.74) is 0.656. The molecule has 0 aromatic rings. The minimum absolute atomic E-state index is 0.00813. The number of ether oxygens (including phenoxy) is 3. The van der Waals surface area contributed by atoms with Crippen molar-refractivity contribution >= 4 is 5.97 Å². The fraction of sp³-hybridized carbons (Fsp3) is 0.889. The van der Waals surface area contributed by atoms with Gasteiger partial charge in [0.2, 0.25) is 0 Å². The maximum absolute atomic E-state index is 11.7. The molecule has 0 spiro atoms. The lowest BCUT2D eigenvalue weighted by molar-refractivity contribution is -0.139. The predicted molar refractivity (Wildman–Crippen MR) is 128 cm³/mol. The van der Waals surface area contributed by atoms with Crippen LogP contribution < -0.4 is 0 Å². The van der Waals surface area contributed by atoms with Gasteiger partial charge in [0.05, 0.1) is 36.6 Å². The second-order valence-electron chi connectivity index (χ2n) is 10.3. The quantitative estimate of drug-likeness (QED) is 0.261. The first-order valence-corrected chi connectivity index (χ1v) is 13.6. The molecule has 3 aliphatic heterocycles. The molecule has 190 valence electrons. The molecule has 0 aromatic heterocycles. The van der Waals surface area contributed by atoms with E-state index in [1.54, 1.807) is 0 Å². The van der Waals surface area contributed by atoms with Crippen LogP contribution in [0.2, 0.25) is 0 Å². The molecule has 0 aliphatic carbocycles. The highest BCUT2D eigenvalue weighted by atomic mass is 16.6. The zero-order valence-corrected chi connectivity index (χ0v) is 20.8. The molecule has 6 heteroatoms. The van der Waals surface area contributed by atoms with Crippen molar-refractivity contribution in [2.75, 3.05) is 0 Å². The molecule has 2 fully saturated rings. The fourth-order valence-electron chi connectivity index (χ4n) is 5.47. The second kappa shape index (κ2) is 13.8. The molecular formula is C27H46O6. The molecule has 6 nitrogen and oxygen atoms in total. The van der Waals surface area contributed by atoms with Crippen molar-refractivity contribution in [1.82, 2.24) is 0 Å². The lowest BCUT2D eigenvalue weighted by Gasteiger charge is -2.24. The van der Waals surface area contributed by atoms with Gasteiger partial charge in [0, 0.05) is 5.57 Å². The van der Waals surface area contributed by atoms with Crippen molar-refractivity contribution in [3.05, 3.63) is 11.6 Å². The van der Waals surface area contributed by atoms with E-state index in [4.69, 9.17) is 14.2 Å². The SMILES string of the molecule is CCCCCCCCCC[C@@H](O)[C@@H]1CC[C@@H]([C@@H]2CC[C@H]([C@H](O)CCC3=C[C@H](C)OC3=O)O2)O1. The number of hydrogen-bond acceptors (Lipinski definition) is 6. The van der Waals surface area contributed by atoms with Crippen molar-refractivity contribution < 1.29 is 29.2 Å². The van der Waals surface area contributed by atoms with E-state index in [9.17, 15) is 15.0 Å². The van der Waals surface area contributed by atoms with Gasteiger partial charge in [0.15, 0.2) is 0 Å². The third-order valence-corrected chi connectivity index (χ3v) is 7.50. The van der Waals surface area contributed by atoms with E-state index < -0.39 is 6.10 Å². The Labute approximate surface area is 200 Å². The minimum atomic E-state index is -0.593. The van der Waals surface area contributed by atoms with Gasteiger partial charge in [-0.25, -0.2) is 4.79 Å². The summed E-state index contributed by atoms with van der Waals surface area (Å²) in [6, 6.07) is 0. The third-order valence-electron chi connectivity index (χ3n) is 7.50. The van der Waals surface area contributed by atoms with Gasteiger partial charge in [-0.15, -0.1) is 0 Å². The van der Waals surface area contributed by atoms with Crippen molar-refractivity contribution in [2.45, 2.75) is 153 Å². The number of esters is 1. The number of carbonyl (C=O) groups excluding carboxylic acids is 1. The normalized spacial score (nSPS) is 31.6. The Kier molecular flexibility index (Phi) is 11.2. The summed E-state index contributed by atoms with van der Waals surface area (Å²) in [5.74, 6) is -0.268. The van der Waals surface area contributed by atoms with E-state index >= 15 is 0 Å². The molecule has 3 aliphatic rings. The predicted octanol–water partition coefficient (Wildman–Crippen LogP) is 4.99. The Balaban J connectivity index is 1.28. The Morgan fingerprint density at radius 3 is 1.94 bits per heavy atom. The zero-order chi connectivity index (χ0) is 23.6. The topological polar surface area (TPSA) is 85.2 Å². The van der Waals surface area contributed by atoms with Crippen LogP contribution in [-0.4, -0.2) is 58.9 Å². The molecule has 0 bridgehead atoms. The molecule has 0 radical (unpaired) electrons. The molecular weight excluding hydrogens is 420 g/mol. The van der Waals surface area contributed by atoms with E-state index in [2.05, 4.69) is 6.92 Å². The molecule has 7 atom stereocenters. The van der Waals surface area contributed by atoms with Crippen LogP contribution in [0.25, 0.3) is 0 Å². The highest BCUT2D eigenvalue weighted by molar-refractivity contribution is 5.90. The number of carbonyl (C=O) groups is 1. The highest BCUT2D eigenvalue weighted by Crippen LogP contribution is 2.35. The number of hydrogen-bond donors (Lipinski definition) is 2. The number of cyclic esters (lactones) is 1.